The van der Waals surface area contributed by atoms with Crippen LogP contribution in [0, 0.1) is 23.7 Å². The minimum absolute atomic E-state index is 0.0183. The number of carbonyl (C=O) groups excluding carboxylic acids is 3. The van der Waals surface area contributed by atoms with E-state index in [1.54, 1.807) is 0 Å². The topological polar surface area (TPSA) is 69.7 Å². The molecule has 0 radical (unpaired) electrons. The quantitative estimate of drug-likeness (QED) is 0.727. The Labute approximate surface area is 138 Å². The predicted molar refractivity (Wildman–Crippen MR) is 84.8 cm³/mol. The largest absolute Gasteiger partial charge is 0.352 e. The summed E-state index contributed by atoms with van der Waals surface area (Å²) in [6.45, 7) is 7.07. The fraction of sp³-hybridized carbons (Fsp3) is 0.833. The molecule has 0 aromatic carbocycles. The molecule has 5 heteroatoms. The van der Waals surface area contributed by atoms with Crippen LogP contribution in [0.1, 0.15) is 52.9 Å². The van der Waals surface area contributed by atoms with Gasteiger partial charge in [-0.1, -0.05) is 20.8 Å². The van der Waals surface area contributed by atoms with Crippen LogP contribution in [0.25, 0.3) is 0 Å². The molecule has 1 aliphatic carbocycles. The van der Waals surface area contributed by atoms with Crippen molar-refractivity contribution < 1.29 is 23.9 Å². The summed E-state index contributed by atoms with van der Waals surface area (Å²) in [5, 5.41) is 0. The number of hydrogen-bond donors (Lipinski definition) is 0. The Bertz CT molecular complexity index is 438. The van der Waals surface area contributed by atoms with Gasteiger partial charge in [0.25, 0.3) is 0 Å². The highest BCUT2D eigenvalue weighted by molar-refractivity contribution is 6.20. The minimum Gasteiger partial charge on any atom is -0.352 e. The second-order valence-corrected chi connectivity index (χ2v) is 7.12. The Balaban J connectivity index is 1.97. The zero-order chi connectivity index (χ0) is 17.0. The molecule has 2 fully saturated rings. The lowest BCUT2D eigenvalue weighted by atomic mass is 9.72. The smallest absolute Gasteiger partial charge is 0.159 e. The molecule has 130 valence electrons. The lowest BCUT2D eigenvalue weighted by Crippen LogP contribution is -2.41. The van der Waals surface area contributed by atoms with Gasteiger partial charge in [0.05, 0.1) is 13.2 Å². The van der Waals surface area contributed by atoms with Crippen molar-refractivity contribution in [2.45, 2.75) is 59.2 Å². The zero-order valence-corrected chi connectivity index (χ0v) is 14.4. The third-order valence-electron chi connectivity index (χ3n) is 4.85. The fourth-order valence-electron chi connectivity index (χ4n) is 3.53. The summed E-state index contributed by atoms with van der Waals surface area (Å²) < 4.78 is 11.5. The van der Waals surface area contributed by atoms with Gasteiger partial charge in [-0.3, -0.25) is 14.4 Å². The van der Waals surface area contributed by atoms with Crippen LogP contribution < -0.4 is 0 Å². The molecule has 5 nitrogen and oxygen atoms in total. The van der Waals surface area contributed by atoms with Crippen LogP contribution >= 0.6 is 0 Å². The number of rotatable bonds is 5. The molecular weight excluding hydrogens is 296 g/mol. The third kappa shape index (κ3) is 4.48. The van der Waals surface area contributed by atoms with Gasteiger partial charge in [-0.15, -0.1) is 0 Å². The monoisotopic (exact) mass is 324 g/mol. The van der Waals surface area contributed by atoms with Crippen molar-refractivity contribution in [3.05, 3.63) is 0 Å². The molecule has 0 bridgehead atoms. The molecule has 1 saturated heterocycles. The van der Waals surface area contributed by atoms with Crippen LogP contribution in [0.5, 0.6) is 0 Å². The second-order valence-electron chi connectivity index (χ2n) is 7.12. The van der Waals surface area contributed by atoms with Crippen molar-refractivity contribution in [1.82, 2.24) is 0 Å². The average molecular weight is 324 g/mol. The summed E-state index contributed by atoms with van der Waals surface area (Å²) in [6.07, 6.45) is 2.18. The van der Waals surface area contributed by atoms with E-state index in [-0.39, 0.29) is 41.4 Å². The molecule has 0 N–H and O–H groups in total. The second kappa shape index (κ2) is 8.15. The lowest BCUT2D eigenvalue weighted by molar-refractivity contribution is -0.155. The zero-order valence-electron chi connectivity index (χ0n) is 14.4. The Morgan fingerprint density at radius 2 is 1.78 bits per heavy atom. The first-order valence-electron chi connectivity index (χ1n) is 8.75. The SMILES string of the molecule is CCCC(=O)C1C(=O)CC(C2CCOC(C(C)C)OC2)CC1=O. The van der Waals surface area contributed by atoms with Crippen molar-refractivity contribution in [3.8, 4) is 0 Å². The Morgan fingerprint density at radius 1 is 1.13 bits per heavy atom. The number of Topliss-reactive ketones (excluding diaryl/α,β-unsaturated/α-hetero) is 3. The maximum atomic E-state index is 12.3. The average Bonchev–Trinajstić information content (AvgIpc) is 2.72. The molecule has 0 amide bonds. The van der Waals surface area contributed by atoms with Gasteiger partial charge in [-0.2, -0.15) is 0 Å². The number of ketones is 3. The molecular formula is C18H28O5. The minimum atomic E-state index is -1.00. The van der Waals surface area contributed by atoms with Crippen LogP contribution in [-0.2, 0) is 23.9 Å². The van der Waals surface area contributed by atoms with E-state index >= 15 is 0 Å². The van der Waals surface area contributed by atoms with Gasteiger partial charge in [-0.05, 0) is 24.7 Å². The fourth-order valence-corrected chi connectivity index (χ4v) is 3.53. The first-order valence-corrected chi connectivity index (χ1v) is 8.75. The van der Waals surface area contributed by atoms with Gasteiger partial charge in [-0.25, -0.2) is 0 Å². The van der Waals surface area contributed by atoms with Crippen LogP contribution in [-0.4, -0.2) is 36.9 Å². The molecule has 2 rings (SSSR count). The molecule has 2 atom stereocenters. The van der Waals surface area contributed by atoms with E-state index in [1.165, 1.54) is 0 Å². The van der Waals surface area contributed by atoms with E-state index in [0.29, 0.717) is 38.9 Å². The number of carbonyl (C=O) groups is 3. The Morgan fingerprint density at radius 3 is 2.35 bits per heavy atom. The lowest BCUT2D eigenvalue weighted by Gasteiger charge is -2.30. The molecule has 0 aromatic heterocycles. The van der Waals surface area contributed by atoms with Gasteiger partial charge in [0, 0.05) is 25.2 Å². The van der Waals surface area contributed by atoms with Gasteiger partial charge in [0.2, 0.25) is 0 Å². The van der Waals surface area contributed by atoms with Gasteiger partial charge >= 0.3 is 0 Å². The predicted octanol–water partition coefficient (Wildman–Crippen LogP) is 2.56. The maximum Gasteiger partial charge on any atom is 0.159 e. The summed E-state index contributed by atoms with van der Waals surface area (Å²) in [4.78, 5) is 36.6. The number of ether oxygens (including phenoxy) is 2. The van der Waals surface area contributed by atoms with Crippen molar-refractivity contribution >= 4 is 17.3 Å². The number of hydrogen-bond acceptors (Lipinski definition) is 5. The Hall–Kier alpha value is -1.07. The van der Waals surface area contributed by atoms with Gasteiger partial charge in [0.15, 0.2) is 23.6 Å². The summed E-state index contributed by atoms with van der Waals surface area (Å²) >= 11 is 0. The van der Waals surface area contributed by atoms with E-state index in [0.717, 1.165) is 6.42 Å². The highest BCUT2D eigenvalue weighted by atomic mass is 16.7. The van der Waals surface area contributed by atoms with Crippen molar-refractivity contribution in [1.29, 1.82) is 0 Å². The molecule has 1 saturated carbocycles. The molecule has 2 aliphatic rings. The standard InChI is InChI=1S/C18H28O5/c1-4-5-14(19)17-15(20)8-13(9-16(17)21)12-6-7-22-18(11(2)3)23-10-12/h11-13,17-18H,4-10H2,1-3H3. The highest BCUT2D eigenvalue weighted by Crippen LogP contribution is 2.34. The summed E-state index contributed by atoms with van der Waals surface area (Å²) in [5.41, 5.74) is 0. The first-order chi connectivity index (χ1) is 10.9. The van der Waals surface area contributed by atoms with Crippen molar-refractivity contribution in [2.75, 3.05) is 13.2 Å². The maximum absolute atomic E-state index is 12.3. The highest BCUT2D eigenvalue weighted by Gasteiger charge is 2.42. The van der Waals surface area contributed by atoms with Crippen molar-refractivity contribution in [2.24, 2.45) is 23.7 Å². The van der Waals surface area contributed by atoms with Crippen LogP contribution in [0.3, 0.4) is 0 Å². The Kier molecular flexibility index (Phi) is 6.48. The normalized spacial score (nSPS) is 32.9. The van der Waals surface area contributed by atoms with E-state index in [2.05, 4.69) is 0 Å². The van der Waals surface area contributed by atoms with Gasteiger partial charge in [0.1, 0.15) is 5.92 Å². The summed E-state index contributed by atoms with van der Waals surface area (Å²) in [7, 11) is 0. The van der Waals surface area contributed by atoms with E-state index in [9.17, 15) is 14.4 Å². The first kappa shape index (κ1) is 18.3. The molecule has 0 spiro atoms. The molecule has 23 heavy (non-hydrogen) atoms. The van der Waals surface area contributed by atoms with Gasteiger partial charge < -0.3 is 9.47 Å². The van der Waals surface area contributed by atoms with Crippen molar-refractivity contribution in [3.63, 3.8) is 0 Å². The molecule has 1 aliphatic heterocycles. The summed E-state index contributed by atoms with van der Waals surface area (Å²) in [5.74, 6) is -1.20. The van der Waals surface area contributed by atoms with Crippen LogP contribution in [0.4, 0.5) is 0 Å². The van der Waals surface area contributed by atoms with E-state index < -0.39 is 5.92 Å². The third-order valence-corrected chi connectivity index (χ3v) is 4.85. The van der Waals surface area contributed by atoms with Crippen LogP contribution in [0.15, 0.2) is 0 Å². The molecule has 2 unspecified atom stereocenters. The van der Waals surface area contributed by atoms with E-state index in [1.807, 2.05) is 20.8 Å². The molecule has 1 heterocycles. The summed E-state index contributed by atoms with van der Waals surface area (Å²) in [6, 6.07) is 0. The van der Waals surface area contributed by atoms with E-state index in [4.69, 9.17) is 9.47 Å². The molecule has 0 aromatic rings. The van der Waals surface area contributed by atoms with Crippen LogP contribution in [0.2, 0.25) is 0 Å².